The fourth-order valence-corrected chi connectivity index (χ4v) is 4.73. The van der Waals surface area contributed by atoms with Crippen molar-refractivity contribution < 1.29 is 27.8 Å². The normalized spacial score (nSPS) is 11.3. The van der Waals surface area contributed by atoms with E-state index >= 15 is 0 Å². The van der Waals surface area contributed by atoms with Gasteiger partial charge in [0.15, 0.2) is 16.7 Å². The summed E-state index contributed by atoms with van der Waals surface area (Å²) in [6, 6.07) is 16.2. The quantitative estimate of drug-likeness (QED) is 0.210. The molecule has 4 rings (SSSR count). The predicted octanol–water partition coefficient (Wildman–Crippen LogP) is 6.81. The van der Waals surface area contributed by atoms with Gasteiger partial charge in [-0.25, -0.2) is 23.5 Å². The second-order valence-corrected chi connectivity index (χ2v) is 11.1. The van der Waals surface area contributed by atoms with Crippen LogP contribution in [0.5, 0.6) is 11.5 Å². The topological polar surface area (TPSA) is 105 Å². The van der Waals surface area contributed by atoms with Gasteiger partial charge in [-0.3, -0.25) is 10.1 Å². The third kappa shape index (κ3) is 8.06. The summed E-state index contributed by atoms with van der Waals surface area (Å²) in [5, 5.41) is 2.73. The van der Waals surface area contributed by atoms with E-state index in [1.807, 2.05) is 0 Å². The molecule has 0 radical (unpaired) electrons. The van der Waals surface area contributed by atoms with Gasteiger partial charge in [0.1, 0.15) is 11.3 Å². The van der Waals surface area contributed by atoms with Gasteiger partial charge in [0.25, 0.3) is 12.0 Å². The van der Waals surface area contributed by atoms with Crippen LogP contribution in [0.25, 0.3) is 11.3 Å². The molecule has 0 unspecified atom stereocenters. The summed E-state index contributed by atoms with van der Waals surface area (Å²) in [6.07, 6.45) is -1.90. The minimum atomic E-state index is -2.84. The van der Waals surface area contributed by atoms with Gasteiger partial charge in [0.05, 0.1) is 26.5 Å². The Kier molecular flexibility index (Phi) is 9.46. The molecule has 4 aromatic rings. The molecule has 1 amide bonds. The van der Waals surface area contributed by atoms with Crippen LogP contribution in [-0.4, -0.2) is 40.4 Å². The lowest BCUT2D eigenvalue weighted by Gasteiger charge is -2.19. The zero-order valence-corrected chi connectivity index (χ0v) is 24.5. The molecule has 0 fully saturated rings. The van der Waals surface area contributed by atoms with Gasteiger partial charge >= 0.3 is 6.09 Å². The Balaban J connectivity index is 1.62. The van der Waals surface area contributed by atoms with E-state index < -0.39 is 23.8 Å². The standard InChI is InChI=1S/C30H30F2N4O5S/c1-30(2,3)41-29(38)33-20-7-6-8-21(14-20)42-28-34-22(15-23(35-28)27(31)32)19-10-12-26(37)36(17-19)16-18-9-11-24(39-4)25(13-18)40-5/h6-15,17,27H,16H2,1-5H3,(H,33,38). The number of rotatable bonds is 9. The van der Waals surface area contributed by atoms with Gasteiger partial charge in [-0.1, -0.05) is 12.1 Å². The van der Waals surface area contributed by atoms with Gasteiger partial charge in [0, 0.05) is 28.4 Å². The summed E-state index contributed by atoms with van der Waals surface area (Å²) in [4.78, 5) is 34.0. The SMILES string of the molecule is COc1ccc(Cn2cc(-c3cc(C(F)F)nc(Sc4cccc(NC(=O)OC(C)(C)C)c4)n3)ccc2=O)cc1OC. The first-order valence-electron chi connectivity index (χ1n) is 12.8. The molecule has 12 heteroatoms. The summed E-state index contributed by atoms with van der Waals surface area (Å²) in [7, 11) is 3.05. The molecule has 0 aliphatic rings. The van der Waals surface area contributed by atoms with Crippen molar-refractivity contribution in [2.75, 3.05) is 19.5 Å². The smallest absolute Gasteiger partial charge is 0.412 e. The zero-order valence-electron chi connectivity index (χ0n) is 23.7. The van der Waals surface area contributed by atoms with E-state index in [0.29, 0.717) is 27.6 Å². The maximum absolute atomic E-state index is 13.9. The van der Waals surface area contributed by atoms with Crippen LogP contribution in [0.15, 0.2) is 81.7 Å². The number of hydrogen-bond acceptors (Lipinski definition) is 8. The number of carbonyl (C=O) groups excluding carboxylic acids is 1. The van der Waals surface area contributed by atoms with Crippen LogP contribution in [0, 0.1) is 0 Å². The molecule has 2 heterocycles. The predicted molar refractivity (Wildman–Crippen MR) is 156 cm³/mol. The van der Waals surface area contributed by atoms with Crippen molar-refractivity contribution in [2.24, 2.45) is 0 Å². The van der Waals surface area contributed by atoms with Crippen LogP contribution in [0.3, 0.4) is 0 Å². The number of nitrogens with zero attached hydrogens (tertiary/aromatic N) is 3. The molecular formula is C30H30F2N4O5S. The zero-order chi connectivity index (χ0) is 30.4. The van der Waals surface area contributed by atoms with Crippen molar-refractivity contribution in [3.63, 3.8) is 0 Å². The third-order valence-electron chi connectivity index (χ3n) is 5.72. The lowest BCUT2D eigenvalue weighted by Crippen LogP contribution is -2.27. The Morgan fingerprint density at radius 2 is 1.76 bits per heavy atom. The number of nitrogens with one attached hydrogen (secondary N) is 1. The maximum atomic E-state index is 13.9. The van der Waals surface area contributed by atoms with Crippen LogP contribution < -0.4 is 20.3 Å². The van der Waals surface area contributed by atoms with E-state index in [1.54, 1.807) is 69.4 Å². The number of alkyl halides is 2. The highest BCUT2D eigenvalue weighted by molar-refractivity contribution is 7.99. The van der Waals surface area contributed by atoms with E-state index in [4.69, 9.17) is 14.2 Å². The van der Waals surface area contributed by atoms with E-state index in [0.717, 1.165) is 17.3 Å². The number of hydrogen-bond donors (Lipinski definition) is 1. The van der Waals surface area contributed by atoms with Crippen molar-refractivity contribution in [3.05, 3.63) is 88.5 Å². The van der Waals surface area contributed by atoms with Gasteiger partial charge < -0.3 is 18.8 Å². The van der Waals surface area contributed by atoms with Crippen LogP contribution in [0.1, 0.15) is 38.5 Å². The molecule has 0 aliphatic carbocycles. The minimum absolute atomic E-state index is 0.0786. The van der Waals surface area contributed by atoms with E-state index in [1.165, 1.54) is 37.0 Å². The number of pyridine rings is 1. The van der Waals surface area contributed by atoms with Gasteiger partial charge in [0.2, 0.25) is 0 Å². The molecule has 0 bridgehead atoms. The fraction of sp³-hybridized carbons (Fsp3) is 0.267. The number of carbonyl (C=O) groups is 1. The summed E-state index contributed by atoms with van der Waals surface area (Å²) < 4.78 is 45.1. The summed E-state index contributed by atoms with van der Waals surface area (Å²) in [5.41, 5.74) is 0.526. The Hall–Kier alpha value is -4.45. The average Bonchev–Trinajstić information content (AvgIpc) is 2.93. The molecule has 0 saturated heterocycles. The first kappa shape index (κ1) is 30.5. The molecule has 0 saturated carbocycles. The second kappa shape index (κ2) is 13.0. The highest BCUT2D eigenvalue weighted by atomic mass is 32.2. The second-order valence-electron chi connectivity index (χ2n) is 10.1. The summed E-state index contributed by atoms with van der Waals surface area (Å²) in [6.45, 7) is 5.48. The number of aromatic nitrogens is 3. The van der Waals surface area contributed by atoms with Crippen LogP contribution in [-0.2, 0) is 11.3 Å². The van der Waals surface area contributed by atoms with Crippen LogP contribution >= 0.6 is 11.8 Å². The third-order valence-corrected chi connectivity index (χ3v) is 6.57. The maximum Gasteiger partial charge on any atom is 0.412 e. The number of methoxy groups -OCH3 is 2. The van der Waals surface area contributed by atoms with Crippen molar-refractivity contribution in [1.29, 1.82) is 0 Å². The molecular weight excluding hydrogens is 566 g/mol. The minimum Gasteiger partial charge on any atom is -0.493 e. The number of anilines is 1. The van der Waals surface area contributed by atoms with E-state index in [9.17, 15) is 18.4 Å². The van der Waals surface area contributed by atoms with Gasteiger partial charge in [-0.2, -0.15) is 0 Å². The molecule has 2 aromatic heterocycles. The Bertz CT molecular complexity index is 1640. The number of amides is 1. The molecule has 0 spiro atoms. The molecule has 0 atom stereocenters. The molecule has 0 aliphatic heterocycles. The Morgan fingerprint density at radius 1 is 1.00 bits per heavy atom. The highest BCUT2D eigenvalue weighted by Crippen LogP contribution is 2.32. The van der Waals surface area contributed by atoms with Crippen LogP contribution in [0.4, 0.5) is 19.3 Å². The fourth-order valence-electron chi connectivity index (χ4n) is 3.89. The summed E-state index contributed by atoms with van der Waals surface area (Å²) in [5.74, 6) is 1.07. The number of halogens is 2. The molecule has 2 aromatic carbocycles. The van der Waals surface area contributed by atoms with Crippen molar-refractivity contribution in [2.45, 2.75) is 49.4 Å². The molecule has 42 heavy (non-hydrogen) atoms. The average molecular weight is 597 g/mol. The molecule has 9 nitrogen and oxygen atoms in total. The largest absolute Gasteiger partial charge is 0.493 e. The first-order valence-corrected chi connectivity index (χ1v) is 13.6. The van der Waals surface area contributed by atoms with Crippen molar-refractivity contribution >= 4 is 23.5 Å². The van der Waals surface area contributed by atoms with Crippen molar-refractivity contribution in [1.82, 2.24) is 14.5 Å². The highest BCUT2D eigenvalue weighted by Gasteiger charge is 2.18. The van der Waals surface area contributed by atoms with Crippen LogP contribution in [0.2, 0.25) is 0 Å². The molecule has 1 N–H and O–H groups in total. The Morgan fingerprint density at radius 3 is 2.45 bits per heavy atom. The van der Waals surface area contributed by atoms with Gasteiger partial charge in [-0.05, 0) is 80.6 Å². The number of benzene rings is 2. The van der Waals surface area contributed by atoms with Crippen molar-refractivity contribution in [3.8, 4) is 22.8 Å². The Labute approximate surface area is 245 Å². The van der Waals surface area contributed by atoms with Gasteiger partial charge in [-0.15, -0.1) is 0 Å². The van der Waals surface area contributed by atoms with E-state index in [-0.39, 0.29) is 23.0 Å². The first-order chi connectivity index (χ1) is 19.9. The molecule has 220 valence electrons. The number of ether oxygens (including phenoxy) is 3. The lowest BCUT2D eigenvalue weighted by atomic mass is 10.1. The monoisotopic (exact) mass is 596 g/mol. The van der Waals surface area contributed by atoms with E-state index in [2.05, 4.69) is 15.3 Å². The lowest BCUT2D eigenvalue weighted by molar-refractivity contribution is 0.0636. The summed E-state index contributed by atoms with van der Waals surface area (Å²) >= 11 is 1.06.